The number of carboxylic acid groups (broad SMARTS) is 1. The fraction of sp³-hybridized carbons (Fsp3) is 0.333. The third-order valence-corrected chi connectivity index (χ3v) is 1.97. The van der Waals surface area contributed by atoms with Crippen molar-refractivity contribution in [2.24, 2.45) is 0 Å². The number of pyridine rings is 1. The summed E-state index contributed by atoms with van der Waals surface area (Å²) in [6.45, 7) is 0.0519. The summed E-state index contributed by atoms with van der Waals surface area (Å²) in [6, 6.07) is 2.66. The lowest BCUT2D eigenvalue weighted by Gasteiger charge is -2.04. The smallest absolute Gasteiger partial charge is 0.404 e. The zero-order valence-electron chi connectivity index (χ0n) is 9.04. The number of nitrogens with one attached hydrogen (secondary N) is 1. The van der Waals surface area contributed by atoms with Crippen molar-refractivity contribution in [2.75, 3.05) is 13.7 Å². The molecule has 1 rings (SSSR count). The predicted molar refractivity (Wildman–Crippen MR) is 57.2 cm³/mol. The summed E-state index contributed by atoms with van der Waals surface area (Å²) in [4.78, 5) is 24.3. The molecule has 1 amide bonds. The Balaban J connectivity index is 2.85. The molecule has 8 heteroatoms. The van der Waals surface area contributed by atoms with Crippen molar-refractivity contribution in [3.63, 3.8) is 0 Å². The van der Waals surface area contributed by atoms with E-state index in [9.17, 15) is 14.9 Å². The summed E-state index contributed by atoms with van der Waals surface area (Å²) in [5.74, 6) is 0.251. The van der Waals surface area contributed by atoms with Crippen LogP contribution in [0.25, 0.3) is 0 Å². The van der Waals surface area contributed by atoms with Crippen LogP contribution in [0.3, 0.4) is 0 Å². The number of nitrogens with zero attached hydrogens (tertiary/aromatic N) is 2. The normalized spacial score (nSPS) is 9.71. The van der Waals surface area contributed by atoms with Gasteiger partial charge in [-0.05, 0) is 0 Å². The molecule has 0 saturated heterocycles. The van der Waals surface area contributed by atoms with Gasteiger partial charge in [-0.25, -0.2) is 9.78 Å². The fourth-order valence-electron chi connectivity index (χ4n) is 1.23. The van der Waals surface area contributed by atoms with Crippen molar-refractivity contribution in [1.82, 2.24) is 10.3 Å². The second-order valence-electron chi connectivity index (χ2n) is 3.06. The highest BCUT2D eigenvalue weighted by Gasteiger charge is 2.16. The molecule has 0 aromatic carbocycles. The SMILES string of the molecule is COc1ccc([N+](=O)[O-])c(CCNC(=O)O)n1. The minimum absolute atomic E-state index is 0.0519. The van der Waals surface area contributed by atoms with Gasteiger partial charge in [0.25, 0.3) is 5.69 Å². The number of aromatic nitrogens is 1. The van der Waals surface area contributed by atoms with Gasteiger partial charge in [-0.3, -0.25) is 10.1 Å². The first-order valence-corrected chi connectivity index (χ1v) is 4.69. The first kappa shape index (κ1) is 12.7. The number of amides is 1. The topological polar surface area (TPSA) is 115 Å². The summed E-state index contributed by atoms with van der Waals surface area (Å²) in [5, 5.41) is 21.2. The molecule has 0 saturated carbocycles. The van der Waals surface area contributed by atoms with Crippen molar-refractivity contribution < 1.29 is 19.6 Å². The lowest BCUT2D eigenvalue weighted by atomic mass is 10.2. The van der Waals surface area contributed by atoms with Gasteiger partial charge in [0.2, 0.25) is 5.88 Å². The van der Waals surface area contributed by atoms with Crippen LogP contribution in [-0.4, -0.2) is 34.8 Å². The predicted octanol–water partition coefficient (Wildman–Crippen LogP) is 0.808. The van der Waals surface area contributed by atoms with E-state index in [4.69, 9.17) is 9.84 Å². The number of methoxy groups -OCH3 is 1. The molecule has 1 aromatic rings. The third kappa shape index (κ3) is 3.59. The van der Waals surface area contributed by atoms with Crippen LogP contribution in [-0.2, 0) is 6.42 Å². The fourth-order valence-corrected chi connectivity index (χ4v) is 1.23. The van der Waals surface area contributed by atoms with E-state index in [-0.39, 0.29) is 30.2 Å². The number of carbonyl (C=O) groups is 1. The lowest BCUT2D eigenvalue weighted by molar-refractivity contribution is -0.385. The van der Waals surface area contributed by atoms with Crippen LogP contribution in [0.15, 0.2) is 12.1 Å². The Bertz CT molecular complexity index is 435. The highest BCUT2D eigenvalue weighted by molar-refractivity contribution is 5.64. The van der Waals surface area contributed by atoms with E-state index in [1.807, 2.05) is 0 Å². The van der Waals surface area contributed by atoms with Gasteiger partial charge in [0.1, 0.15) is 5.69 Å². The van der Waals surface area contributed by atoms with E-state index in [1.54, 1.807) is 0 Å². The third-order valence-electron chi connectivity index (χ3n) is 1.97. The van der Waals surface area contributed by atoms with Gasteiger partial charge in [0.15, 0.2) is 0 Å². The van der Waals surface area contributed by atoms with E-state index in [1.165, 1.54) is 19.2 Å². The van der Waals surface area contributed by atoms with Crippen molar-refractivity contribution >= 4 is 11.8 Å². The van der Waals surface area contributed by atoms with Gasteiger partial charge in [-0.15, -0.1) is 0 Å². The molecule has 1 heterocycles. The molecule has 2 N–H and O–H groups in total. The molecule has 17 heavy (non-hydrogen) atoms. The first-order chi connectivity index (χ1) is 8.04. The van der Waals surface area contributed by atoms with Crippen LogP contribution in [0.4, 0.5) is 10.5 Å². The maximum atomic E-state index is 10.7. The van der Waals surface area contributed by atoms with Crippen molar-refractivity contribution in [2.45, 2.75) is 6.42 Å². The van der Waals surface area contributed by atoms with Crippen LogP contribution in [0, 0.1) is 10.1 Å². The number of hydrogen-bond acceptors (Lipinski definition) is 5. The molecule has 0 atom stereocenters. The van der Waals surface area contributed by atoms with E-state index in [0.29, 0.717) is 0 Å². The molecular formula is C9H11N3O5. The molecule has 0 radical (unpaired) electrons. The lowest BCUT2D eigenvalue weighted by Crippen LogP contribution is -2.23. The maximum Gasteiger partial charge on any atom is 0.404 e. The molecule has 0 bridgehead atoms. The van der Waals surface area contributed by atoms with E-state index < -0.39 is 11.0 Å². The standard InChI is InChI=1S/C9H11N3O5/c1-17-8-3-2-7(12(15)16)6(11-8)4-5-10-9(13)14/h2-3,10H,4-5H2,1H3,(H,13,14). The van der Waals surface area contributed by atoms with Gasteiger partial charge in [-0.2, -0.15) is 0 Å². The molecule has 92 valence electrons. The van der Waals surface area contributed by atoms with Crippen LogP contribution < -0.4 is 10.1 Å². The van der Waals surface area contributed by atoms with Crippen LogP contribution in [0.1, 0.15) is 5.69 Å². The minimum Gasteiger partial charge on any atom is -0.481 e. The van der Waals surface area contributed by atoms with Gasteiger partial charge in [-0.1, -0.05) is 0 Å². The average Bonchev–Trinajstić information content (AvgIpc) is 2.28. The van der Waals surface area contributed by atoms with Gasteiger partial charge in [0.05, 0.1) is 12.0 Å². The Morgan fingerprint density at radius 2 is 2.35 bits per heavy atom. The zero-order chi connectivity index (χ0) is 12.8. The highest BCUT2D eigenvalue weighted by atomic mass is 16.6. The largest absolute Gasteiger partial charge is 0.481 e. The highest BCUT2D eigenvalue weighted by Crippen LogP contribution is 2.20. The minimum atomic E-state index is -1.18. The van der Waals surface area contributed by atoms with Crippen LogP contribution in [0.5, 0.6) is 5.88 Å². The molecule has 0 spiro atoms. The van der Waals surface area contributed by atoms with E-state index >= 15 is 0 Å². The van der Waals surface area contributed by atoms with Crippen molar-refractivity contribution in [3.8, 4) is 5.88 Å². The van der Waals surface area contributed by atoms with Crippen molar-refractivity contribution in [3.05, 3.63) is 27.9 Å². The second-order valence-corrected chi connectivity index (χ2v) is 3.06. The maximum absolute atomic E-state index is 10.7. The molecule has 0 aliphatic heterocycles. The summed E-state index contributed by atoms with van der Waals surface area (Å²) >= 11 is 0. The Labute approximate surface area is 96.4 Å². The molecule has 8 nitrogen and oxygen atoms in total. The summed E-state index contributed by atoms with van der Waals surface area (Å²) in [6.07, 6.45) is -1.06. The molecule has 0 aliphatic carbocycles. The Kier molecular flexibility index (Phi) is 4.21. The number of ether oxygens (including phenoxy) is 1. The molecular weight excluding hydrogens is 230 g/mol. The number of rotatable bonds is 5. The van der Waals surface area contributed by atoms with Gasteiger partial charge >= 0.3 is 6.09 Å². The van der Waals surface area contributed by atoms with E-state index in [0.717, 1.165) is 0 Å². The van der Waals surface area contributed by atoms with Crippen LogP contribution >= 0.6 is 0 Å². The monoisotopic (exact) mass is 241 g/mol. The molecule has 1 aromatic heterocycles. The first-order valence-electron chi connectivity index (χ1n) is 4.69. The van der Waals surface area contributed by atoms with Gasteiger partial charge in [0, 0.05) is 25.1 Å². The number of nitro groups is 1. The summed E-state index contributed by atoms with van der Waals surface area (Å²) in [7, 11) is 1.40. The van der Waals surface area contributed by atoms with Gasteiger partial charge < -0.3 is 15.2 Å². The van der Waals surface area contributed by atoms with Crippen molar-refractivity contribution in [1.29, 1.82) is 0 Å². The molecule has 0 fully saturated rings. The molecule has 0 aliphatic rings. The van der Waals surface area contributed by atoms with Crippen LogP contribution in [0.2, 0.25) is 0 Å². The second kappa shape index (κ2) is 5.64. The summed E-state index contributed by atoms with van der Waals surface area (Å²) < 4.78 is 4.85. The zero-order valence-corrected chi connectivity index (χ0v) is 9.04. The average molecular weight is 241 g/mol. The Morgan fingerprint density at radius 1 is 1.65 bits per heavy atom. The molecule has 0 unspecified atom stereocenters. The Morgan fingerprint density at radius 3 is 2.88 bits per heavy atom. The Hall–Kier alpha value is -2.38. The van der Waals surface area contributed by atoms with E-state index in [2.05, 4.69) is 10.3 Å². The quantitative estimate of drug-likeness (QED) is 0.582. The summed E-state index contributed by atoms with van der Waals surface area (Å²) in [5.41, 5.74) is 0.0288. The number of hydrogen-bond donors (Lipinski definition) is 2.